The van der Waals surface area contributed by atoms with E-state index in [1.54, 1.807) is 13.0 Å². The van der Waals surface area contributed by atoms with Crippen LogP contribution in [0.1, 0.15) is 22.8 Å². The number of nitrogens with zero attached hydrogens (tertiary/aromatic N) is 2. The summed E-state index contributed by atoms with van der Waals surface area (Å²) in [6.45, 7) is 3.99. The second kappa shape index (κ2) is 9.11. The van der Waals surface area contributed by atoms with Gasteiger partial charge < -0.3 is 4.74 Å². The second-order valence-corrected chi connectivity index (χ2v) is 7.47. The Labute approximate surface area is 186 Å². The van der Waals surface area contributed by atoms with Gasteiger partial charge in [-0.25, -0.2) is 14.8 Å². The first-order valence-electron chi connectivity index (χ1n) is 10.0. The number of aryl methyl sites for hydroxylation is 1. The van der Waals surface area contributed by atoms with Crippen molar-refractivity contribution in [3.63, 3.8) is 0 Å². The van der Waals surface area contributed by atoms with Crippen molar-refractivity contribution in [1.82, 2.24) is 9.97 Å². The fourth-order valence-electron chi connectivity index (χ4n) is 3.47. The third kappa shape index (κ3) is 4.35. The zero-order valence-electron chi connectivity index (χ0n) is 17.3. The standard InChI is InChI=1S/C26H21ClN2O2/c1-3-31-26(30)22-23(18-10-6-4-7-11-18)28-25(19-12-8-5-9-13-19)29-24(22)21-15-14-20(27)16-17(21)2/h4-16H,3H2,1-2H3. The molecule has 0 bridgehead atoms. The van der Waals surface area contributed by atoms with Crippen LogP contribution in [0.5, 0.6) is 0 Å². The van der Waals surface area contributed by atoms with Gasteiger partial charge >= 0.3 is 5.97 Å². The molecule has 0 radical (unpaired) electrons. The maximum atomic E-state index is 13.1. The van der Waals surface area contributed by atoms with Gasteiger partial charge in [0.1, 0.15) is 5.56 Å². The maximum absolute atomic E-state index is 13.1. The lowest BCUT2D eigenvalue weighted by Crippen LogP contribution is -2.12. The highest BCUT2D eigenvalue weighted by Gasteiger charge is 2.25. The average molecular weight is 429 g/mol. The Morgan fingerprint density at radius 2 is 1.48 bits per heavy atom. The number of ether oxygens (including phenoxy) is 1. The summed E-state index contributed by atoms with van der Waals surface area (Å²) in [7, 11) is 0. The van der Waals surface area contributed by atoms with Gasteiger partial charge in [0.15, 0.2) is 5.82 Å². The third-order valence-electron chi connectivity index (χ3n) is 4.91. The smallest absolute Gasteiger partial charge is 0.342 e. The quantitative estimate of drug-likeness (QED) is 0.335. The summed E-state index contributed by atoms with van der Waals surface area (Å²) in [5.74, 6) is 0.0853. The number of aromatic nitrogens is 2. The van der Waals surface area contributed by atoms with Crippen molar-refractivity contribution < 1.29 is 9.53 Å². The van der Waals surface area contributed by atoms with E-state index in [4.69, 9.17) is 26.3 Å². The van der Waals surface area contributed by atoms with Crippen molar-refractivity contribution in [2.45, 2.75) is 13.8 Å². The Bertz CT molecular complexity index is 1230. The zero-order chi connectivity index (χ0) is 21.8. The number of halogens is 1. The monoisotopic (exact) mass is 428 g/mol. The van der Waals surface area contributed by atoms with Crippen molar-refractivity contribution in [1.29, 1.82) is 0 Å². The summed E-state index contributed by atoms with van der Waals surface area (Å²) < 4.78 is 5.42. The van der Waals surface area contributed by atoms with E-state index in [2.05, 4.69) is 0 Å². The fraction of sp³-hybridized carbons (Fsp3) is 0.115. The Morgan fingerprint density at radius 1 is 0.871 bits per heavy atom. The molecule has 0 fully saturated rings. The summed E-state index contributed by atoms with van der Waals surface area (Å²) in [4.78, 5) is 22.8. The molecule has 0 atom stereocenters. The minimum Gasteiger partial charge on any atom is -0.462 e. The van der Waals surface area contributed by atoms with E-state index in [-0.39, 0.29) is 6.61 Å². The normalized spacial score (nSPS) is 10.7. The zero-order valence-corrected chi connectivity index (χ0v) is 18.1. The molecular formula is C26H21ClN2O2. The second-order valence-electron chi connectivity index (χ2n) is 7.03. The Balaban J connectivity index is 2.08. The van der Waals surface area contributed by atoms with Gasteiger partial charge in [0, 0.05) is 21.7 Å². The Kier molecular flexibility index (Phi) is 6.10. The lowest BCUT2D eigenvalue weighted by Gasteiger charge is -2.16. The predicted octanol–water partition coefficient (Wildman–Crippen LogP) is 6.62. The Hall–Kier alpha value is -3.50. The van der Waals surface area contributed by atoms with E-state index in [1.165, 1.54) is 0 Å². The van der Waals surface area contributed by atoms with Crippen LogP contribution in [0.3, 0.4) is 0 Å². The topological polar surface area (TPSA) is 52.1 Å². The molecule has 0 aliphatic rings. The molecule has 0 amide bonds. The van der Waals surface area contributed by atoms with Crippen LogP contribution in [-0.4, -0.2) is 22.5 Å². The van der Waals surface area contributed by atoms with E-state index in [0.717, 1.165) is 22.3 Å². The van der Waals surface area contributed by atoms with Gasteiger partial charge in [0.2, 0.25) is 0 Å². The van der Waals surface area contributed by atoms with Crippen molar-refractivity contribution >= 4 is 17.6 Å². The first kappa shape index (κ1) is 20.8. The van der Waals surface area contributed by atoms with Crippen LogP contribution >= 0.6 is 11.6 Å². The van der Waals surface area contributed by atoms with Gasteiger partial charge in [-0.2, -0.15) is 0 Å². The summed E-state index contributed by atoms with van der Waals surface area (Å²) in [6, 6.07) is 24.9. The van der Waals surface area contributed by atoms with Crippen LogP contribution in [-0.2, 0) is 4.74 Å². The predicted molar refractivity (Wildman–Crippen MR) is 124 cm³/mol. The molecule has 3 aromatic carbocycles. The van der Waals surface area contributed by atoms with Crippen molar-refractivity contribution in [2.75, 3.05) is 6.61 Å². The van der Waals surface area contributed by atoms with Crippen molar-refractivity contribution in [3.8, 4) is 33.9 Å². The molecule has 0 aliphatic heterocycles. The SMILES string of the molecule is CCOC(=O)c1c(-c2ccccc2)nc(-c2ccccc2)nc1-c1ccc(Cl)cc1C. The van der Waals surface area contributed by atoms with Crippen LogP contribution in [0.2, 0.25) is 5.02 Å². The largest absolute Gasteiger partial charge is 0.462 e. The van der Waals surface area contributed by atoms with Crippen molar-refractivity contribution in [3.05, 3.63) is 95.0 Å². The van der Waals surface area contributed by atoms with Gasteiger partial charge in [-0.05, 0) is 31.5 Å². The van der Waals surface area contributed by atoms with Gasteiger partial charge in [-0.3, -0.25) is 0 Å². The van der Waals surface area contributed by atoms with Crippen LogP contribution in [0.25, 0.3) is 33.9 Å². The molecule has 1 aromatic heterocycles. The van der Waals surface area contributed by atoms with E-state index < -0.39 is 5.97 Å². The summed E-state index contributed by atoms with van der Waals surface area (Å²) in [5, 5.41) is 0.625. The lowest BCUT2D eigenvalue weighted by atomic mass is 9.97. The minimum atomic E-state index is -0.453. The Morgan fingerprint density at radius 3 is 2.10 bits per heavy atom. The molecule has 0 saturated carbocycles. The number of benzene rings is 3. The maximum Gasteiger partial charge on any atom is 0.342 e. The number of hydrogen-bond donors (Lipinski definition) is 0. The molecular weight excluding hydrogens is 408 g/mol. The van der Waals surface area contributed by atoms with Gasteiger partial charge in [-0.15, -0.1) is 0 Å². The first-order valence-corrected chi connectivity index (χ1v) is 10.4. The molecule has 0 saturated heterocycles. The number of hydrogen-bond acceptors (Lipinski definition) is 4. The van der Waals surface area contributed by atoms with E-state index in [9.17, 15) is 4.79 Å². The third-order valence-corrected chi connectivity index (χ3v) is 5.15. The highest BCUT2D eigenvalue weighted by molar-refractivity contribution is 6.30. The average Bonchev–Trinajstić information content (AvgIpc) is 2.79. The fourth-order valence-corrected chi connectivity index (χ4v) is 3.69. The molecule has 1 heterocycles. The summed E-state index contributed by atoms with van der Waals surface area (Å²) in [5.41, 5.74) is 4.82. The van der Waals surface area contributed by atoms with Crippen LogP contribution in [0.4, 0.5) is 0 Å². The molecule has 4 aromatic rings. The van der Waals surface area contributed by atoms with E-state index in [0.29, 0.717) is 27.8 Å². The van der Waals surface area contributed by atoms with E-state index >= 15 is 0 Å². The van der Waals surface area contributed by atoms with E-state index in [1.807, 2.05) is 79.7 Å². The molecule has 31 heavy (non-hydrogen) atoms. The van der Waals surface area contributed by atoms with Crippen molar-refractivity contribution in [2.24, 2.45) is 0 Å². The molecule has 154 valence electrons. The van der Waals surface area contributed by atoms with Crippen LogP contribution in [0, 0.1) is 6.92 Å². The van der Waals surface area contributed by atoms with Gasteiger partial charge in [0.05, 0.1) is 18.0 Å². The molecule has 0 spiro atoms. The number of esters is 1. The summed E-state index contributed by atoms with van der Waals surface area (Å²) in [6.07, 6.45) is 0. The summed E-state index contributed by atoms with van der Waals surface area (Å²) >= 11 is 6.19. The van der Waals surface area contributed by atoms with Crippen LogP contribution in [0.15, 0.2) is 78.9 Å². The molecule has 5 heteroatoms. The molecule has 0 unspecified atom stereocenters. The lowest BCUT2D eigenvalue weighted by molar-refractivity contribution is 0.0527. The highest BCUT2D eigenvalue weighted by atomic mass is 35.5. The highest BCUT2D eigenvalue weighted by Crippen LogP contribution is 2.35. The molecule has 4 nitrogen and oxygen atoms in total. The number of carbonyl (C=O) groups is 1. The van der Waals surface area contributed by atoms with Gasteiger partial charge in [0.25, 0.3) is 0 Å². The number of carbonyl (C=O) groups excluding carboxylic acids is 1. The molecule has 4 rings (SSSR count). The number of rotatable bonds is 5. The molecule has 0 N–H and O–H groups in total. The first-order chi connectivity index (χ1) is 15.1. The van der Waals surface area contributed by atoms with Crippen LogP contribution < -0.4 is 0 Å². The van der Waals surface area contributed by atoms with Gasteiger partial charge in [-0.1, -0.05) is 78.3 Å². The minimum absolute atomic E-state index is 0.256. The molecule has 0 aliphatic carbocycles.